The van der Waals surface area contributed by atoms with Gasteiger partial charge < -0.3 is 30.6 Å². The first-order valence-electron chi connectivity index (χ1n) is 12.9. The number of carboxylic acids is 2. The van der Waals surface area contributed by atoms with Crippen molar-refractivity contribution in [2.24, 2.45) is 11.6 Å². The quantitative estimate of drug-likeness (QED) is 0.159. The molecule has 3 aromatic rings. The van der Waals surface area contributed by atoms with E-state index < -0.39 is 11.9 Å². The molecular weight excluding hydrogens is 512 g/mol. The number of nitrogens with two attached hydrogens (primary N) is 2. The summed E-state index contributed by atoms with van der Waals surface area (Å²) in [5.74, 6) is 5.07. The Morgan fingerprint density at radius 3 is 2.23 bits per heavy atom. The highest BCUT2D eigenvalue weighted by atomic mass is 16.5. The van der Waals surface area contributed by atoms with Gasteiger partial charge in [-0.1, -0.05) is 42.5 Å². The van der Waals surface area contributed by atoms with E-state index in [4.69, 9.17) is 26.5 Å². The minimum Gasteiger partial charge on any atom is -0.492 e. The molecule has 0 unspecified atom stereocenters. The molecule has 1 amide bonds. The molecule has 0 radical (unpaired) electrons. The number of aromatic carboxylic acids is 1. The standard InChI is InChI=1S/C30H32N4O6/c31-28-23-8-2-1-7-21(23)19-33(26(35)11-5-6-12-27(36)37)25-10-4-3-9-24(25)29(28)34(32)17-18-40-22-15-13-20(14-16-22)30(38)39/h1-4,7-10,13-16H,5-6,11-12,17-19,31-32H2,(H,36,37)(H,38,39)/b29-28-. The van der Waals surface area contributed by atoms with Crippen LogP contribution in [0.1, 0.15) is 52.7 Å². The van der Waals surface area contributed by atoms with Gasteiger partial charge in [0.2, 0.25) is 5.91 Å². The first kappa shape index (κ1) is 28.2. The van der Waals surface area contributed by atoms with Gasteiger partial charge in [0.15, 0.2) is 0 Å². The van der Waals surface area contributed by atoms with E-state index in [1.54, 1.807) is 17.0 Å². The second kappa shape index (κ2) is 12.8. The van der Waals surface area contributed by atoms with Crippen molar-refractivity contribution in [3.63, 3.8) is 0 Å². The number of hydrogen-bond acceptors (Lipinski definition) is 7. The maximum Gasteiger partial charge on any atom is 0.335 e. The molecule has 0 aliphatic carbocycles. The number of hydrazine groups is 1. The Morgan fingerprint density at radius 2 is 1.52 bits per heavy atom. The van der Waals surface area contributed by atoms with Crippen LogP contribution in [0.15, 0.2) is 72.8 Å². The lowest BCUT2D eigenvalue weighted by Gasteiger charge is -2.33. The number of aliphatic carboxylic acids is 1. The van der Waals surface area contributed by atoms with Crippen LogP contribution in [0.3, 0.4) is 0 Å². The van der Waals surface area contributed by atoms with Crippen molar-refractivity contribution in [1.82, 2.24) is 5.01 Å². The van der Waals surface area contributed by atoms with E-state index in [1.165, 1.54) is 17.1 Å². The first-order chi connectivity index (χ1) is 19.3. The Labute approximate surface area is 232 Å². The summed E-state index contributed by atoms with van der Waals surface area (Å²) < 4.78 is 5.80. The van der Waals surface area contributed by atoms with Crippen LogP contribution in [0.25, 0.3) is 11.4 Å². The van der Waals surface area contributed by atoms with Crippen LogP contribution < -0.4 is 21.2 Å². The van der Waals surface area contributed by atoms with Crippen LogP contribution in [-0.4, -0.2) is 46.2 Å². The van der Waals surface area contributed by atoms with Crippen molar-refractivity contribution in [1.29, 1.82) is 0 Å². The third-order valence-electron chi connectivity index (χ3n) is 6.66. The zero-order valence-electron chi connectivity index (χ0n) is 22.0. The van der Waals surface area contributed by atoms with E-state index >= 15 is 0 Å². The van der Waals surface area contributed by atoms with E-state index in [9.17, 15) is 14.4 Å². The molecule has 10 nitrogen and oxygen atoms in total. The van der Waals surface area contributed by atoms with Gasteiger partial charge >= 0.3 is 11.9 Å². The van der Waals surface area contributed by atoms with Gasteiger partial charge in [0.05, 0.1) is 35.7 Å². The number of carbonyl (C=O) groups is 3. The molecule has 0 bridgehead atoms. The van der Waals surface area contributed by atoms with Crippen LogP contribution >= 0.6 is 0 Å². The number of hydrogen-bond donors (Lipinski definition) is 4. The summed E-state index contributed by atoms with van der Waals surface area (Å²) in [4.78, 5) is 37.2. The number of carbonyl (C=O) groups excluding carboxylic acids is 1. The largest absolute Gasteiger partial charge is 0.492 e. The highest BCUT2D eigenvalue weighted by Crippen LogP contribution is 2.37. The number of anilines is 1. The van der Waals surface area contributed by atoms with Gasteiger partial charge in [0.1, 0.15) is 12.4 Å². The van der Waals surface area contributed by atoms with Crippen molar-refractivity contribution in [2.75, 3.05) is 18.1 Å². The lowest BCUT2D eigenvalue weighted by atomic mass is 9.95. The molecule has 0 saturated heterocycles. The first-order valence-corrected chi connectivity index (χ1v) is 12.9. The summed E-state index contributed by atoms with van der Waals surface area (Å²) in [7, 11) is 0. The molecule has 3 aromatic carbocycles. The number of ether oxygens (including phenoxy) is 1. The van der Waals surface area contributed by atoms with Crippen LogP contribution in [0, 0.1) is 0 Å². The highest BCUT2D eigenvalue weighted by molar-refractivity contribution is 6.01. The molecule has 1 heterocycles. The summed E-state index contributed by atoms with van der Waals surface area (Å²) in [6.07, 6.45) is 1.11. The molecule has 1 aliphatic rings. The van der Waals surface area contributed by atoms with Crippen molar-refractivity contribution in [3.05, 3.63) is 95.1 Å². The number of fused-ring (bicyclic) bond motifs is 2. The summed E-state index contributed by atoms with van der Waals surface area (Å²) in [6.45, 7) is 0.741. The van der Waals surface area contributed by atoms with Gasteiger partial charge in [0.25, 0.3) is 0 Å². The third-order valence-corrected chi connectivity index (χ3v) is 6.66. The molecule has 0 atom stereocenters. The average molecular weight is 545 g/mol. The Balaban J connectivity index is 1.62. The predicted octanol–water partition coefficient (Wildman–Crippen LogP) is 3.92. The molecule has 0 spiro atoms. The number of unbranched alkanes of at least 4 members (excludes halogenated alkanes) is 1. The SMILES string of the molecule is N/C1=C(\N(N)CCOc2ccc(C(=O)O)cc2)c2ccccc2N(C(=O)CCCCC(=O)O)Cc2ccccc21. The molecule has 208 valence electrons. The van der Waals surface area contributed by atoms with Crippen LogP contribution in [0.5, 0.6) is 5.75 Å². The van der Waals surface area contributed by atoms with Gasteiger partial charge in [-0.05, 0) is 48.7 Å². The van der Waals surface area contributed by atoms with Crippen molar-refractivity contribution < 1.29 is 29.3 Å². The summed E-state index contributed by atoms with van der Waals surface area (Å²) >= 11 is 0. The Kier molecular flexibility index (Phi) is 9.03. The van der Waals surface area contributed by atoms with E-state index in [0.29, 0.717) is 47.8 Å². The molecule has 10 heteroatoms. The summed E-state index contributed by atoms with van der Waals surface area (Å²) in [5, 5.41) is 19.5. The number of nitrogens with zero attached hydrogens (tertiary/aromatic N) is 2. The second-order valence-electron chi connectivity index (χ2n) is 9.39. The zero-order valence-corrected chi connectivity index (χ0v) is 22.0. The molecule has 0 fully saturated rings. The molecule has 0 saturated carbocycles. The minimum atomic E-state index is -1.02. The Hall–Kier alpha value is -4.83. The second-order valence-corrected chi connectivity index (χ2v) is 9.39. The molecular formula is C30H32N4O6. The topological polar surface area (TPSA) is 159 Å². The maximum absolute atomic E-state index is 13.5. The summed E-state index contributed by atoms with van der Waals surface area (Å²) in [6, 6.07) is 21.1. The van der Waals surface area contributed by atoms with E-state index in [-0.39, 0.29) is 37.5 Å². The van der Waals surface area contributed by atoms with E-state index in [1.807, 2.05) is 48.5 Å². The number of benzene rings is 3. The van der Waals surface area contributed by atoms with Crippen molar-refractivity contribution >= 4 is 34.9 Å². The fourth-order valence-electron chi connectivity index (χ4n) is 4.65. The zero-order chi connectivity index (χ0) is 28.6. The fourth-order valence-corrected chi connectivity index (χ4v) is 4.65. The van der Waals surface area contributed by atoms with Gasteiger partial charge in [-0.15, -0.1) is 0 Å². The minimum absolute atomic E-state index is 0.0179. The smallest absolute Gasteiger partial charge is 0.335 e. The number of para-hydroxylation sites is 1. The fraction of sp³-hybridized carbons (Fsp3) is 0.233. The highest BCUT2D eigenvalue weighted by Gasteiger charge is 2.27. The lowest BCUT2D eigenvalue weighted by molar-refractivity contribution is -0.137. The summed E-state index contributed by atoms with van der Waals surface area (Å²) in [5.41, 5.74) is 10.9. The number of rotatable bonds is 11. The van der Waals surface area contributed by atoms with Gasteiger partial charge in [0, 0.05) is 24.0 Å². The lowest BCUT2D eigenvalue weighted by Crippen LogP contribution is -2.38. The predicted molar refractivity (Wildman–Crippen MR) is 151 cm³/mol. The molecule has 0 aromatic heterocycles. The number of amides is 1. The third kappa shape index (κ3) is 6.59. The van der Waals surface area contributed by atoms with Gasteiger partial charge in [-0.2, -0.15) is 0 Å². The van der Waals surface area contributed by atoms with Crippen LogP contribution in [0.2, 0.25) is 0 Å². The Bertz CT molecular complexity index is 1420. The van der Waals surface area contributed by atoms with Crippen LogP contribution in [0.4, 0.5) is 5.69 Å². The molecule has 6 N–H and O–H groups in total. The Morgan fingerprint density at radius 1 is 0.875 bits per heavy atom. The maximum atomic E-state index is 13.5. The van der Waals surface area contributed by atoms with E-state index in [0.717, 1.165) is 11.1 Å². The average Bonchev–Trinajstić information content (AvgIpc) is 2.94. The molecule has 40 heavy (non-hydrogen) atoms. The van der Waals surface area contributed by atoms with Gasteiger partial charge in [-0.25, -0.2) is 10.6 Å². The van der Waals surface area contributed by atoms with Crippen molar-refractivity contribution in [3.8, 4) is 5.75 Å². The van der Waals surface area contributed by atoms with Gasteiger partial charge in [-0.3, -0.25) is 9.59 Å². The number of carboxylic acid groups (broad SMARTS) is 2. The monoisotopic (exact) mass is 544 g/mol. The van der Waals surface area contributed by atoms with Crippen LogP contribution in [-0.2, 0) is 16.1 Å². The normalized spacial score (nSPS) is 14.4. The molecule has 1 aliphatic heterocycles. The van der Waals surface area contributed by atoms with Crippen molar-refractivity contribution in [2.45, 2.75) is 32.2 Å². The molecule has 4 rings (SSSR count). The van der Waals surface area contributed by atoms with E-state index in [2.05, 4.69) is 0 Å².